The predicted octanol–water partition coefficient (Wildman–Crippen LogP) is 10.1. The fourth-order valence-electron chi connectivity index (χ4n) is 6.74. The van der Waals surface area contributed by atoms with Crippen molar-refractivity contribution in [3.05, 3.63) is 118 Å². The second-order valence-electron chi connectivity index (χ2n) is 13.1. The summed E-state index contributed by atoms with van der Waals surface area (Å²) in [7, 11) is 1.93. The lowest BCUT2D eigenvalue weighted by Crippen LogP contribution is -2.43. The van der Waals surface area contributed by atoms with Crippen LogP contribution in [0.1, 0.15) is 100 Å². The standard InChI is InChI=1S/C41H60N6.C2H6/c1-11-28(4)36(24-34-16-14-15-17-34)25-35(12-2)32(8)45-33(9)46(10)41(31(7)42)19-18-29(5)38(13-3)39-26-37(27-40(43)30(39)6)47-22-20-44-21-23-47;1-2/h12-13,18-19,25,27,34,43-44H,4,7,9,11,14-17,20-24,26,42H2,1-3,5-6,8,10H3;1-2H3/b29-18+,35-12-,36-25+,38-13-,41-19+,43-40?,45-32-;. The average molecular weight is 667 g/mol. The Morgan fingerprint density at radius 1 is 1.08 bits per heavy atom. The molecule has 1 saturated carbocycles. The molecule has 0 radical (unpaired) electrons. The number of nitrogens with two attached hydrogens (primary N) is 1. The van der Waals surface area contributed by atoms with Gasteiger partial charge < -0.3 is 26.3 Å². The third-order valence-corrected chi connectivity index (χ3v) is 9.88. The van der Waals surface area contributed by atoms with Gasteiger partial charge in [0.2, 0.25) is 0 Å². The number of nitrogens with zero attached hydrogens (tertiary/aromatic N) is 3. The molecule has 0 bridgehead atoms. The molecule has 0 unspecified atom stereocenters. The molecule has 49 heavy (non-hydrogen) atoms. The molecular formula is C43H66N6. The molecule has 1 saturated heterocycles. The monoisotopic (exact) mass is 667 g/mol. The summed E-state index contributed by atoms with van der Waals surface area (Å²) >= 11 is 0. The quantitative estimate of drug-likeness (QED) is 0.127. The first-order chi connectivity index (χ1) is 23.4. The molecule has 0 amide bonds. The zero-order valence-electron chi connectivity index (χ0n) is 32.4. The van der Waals surface area contributed by atoms with E-state index in [-0.39, 0.29) is 0 Å². The van der Waals surface area contributed by atoms with Gasteiger partial charge in [-0.2, -0.15) is 0 Å². The first-order valence-electron chi connectivity index (χ1n) is 18.4. The van der Waals surface area contributed by atoms with Crippen molar-refractivity contribution in [1.82, 2.24) is 15.1 Å². The van der Waals surface area contributed by atoms with Crippen molar-refractivity contribution in [2.45, 2.75) is 100 Å². The van der Waals surface area contributed by atoms with Gasteiger partial charge in [0.15, 0.2) is 0 Å². The van der Waals surface area contributed by atoms with Gasteiger partial charge in [-0.1, -0.05) is 96.1 Å². The van der Waals surface area contributed by atoms with E-state index in [0.29, 0.717) is 17.2 Å². The smallest absolute Gasteiger partial charge is 0.125 e. The molecule has 0 aromatic heterocycles. The van der Waals surface area contributed by atoms with Crippen LogP contribution in [-0.4, -0.2) is 54.4 Å². The van der Waals surface area contributed by atoms with Crippen LogP contribution in [0.5, 0.6) is 0 Å². The molecule has 3 rings (SSSR count). The van der Waals surface area contributed by atoms with Gasteiger partial charge in [0, 0.05) is 56.8 Å². The summed E-state index contributed by atoms with van der Waals surface area (Å²) in [6, 6.07) is 0. The number of likely N-dealkylation sites (N-methyl/N-ethyl adjacent to an activating group) is 1. The van der Waals surface area contributed by atoms with Crippen molar-refractivity contribution >= 4 is 11.4 Å². The van der Waals surface area contributed by atoms with E-state index in [9.17, 15) is 0 Å². The average Bonchev–Trinajstić information content (AvgIpc) is 3.62. The summed E-state index contributed by atoms with van der Waals surface area (Å²) in [6.07, 6.45) is 20.8. The van der Waals surface area contributed by atoms with Crippen molar-refractivity contribution in [2.75, 3.05) is 33.2 Å². The van der Waals surface area contributed by atoms with Crippen molar-refractivity contribution in [1.29, 1.82) is 5.41 Å². The molecule has 1 heterocycles. The van der Waals surface area contributed by atoms with Crippen LogP contribution in [-0.2, 0) is 0 Å². The highest BCUT2D eigenvalue weighted by atomic mass is 15.2. The largest absolute Gasteiger partial charge is 0.398 e. The summed E-state index contributed by atoms with van der Waals surface area (Å²) in [5, 5.41) is 12.2. The van der Waals surface area contributed by atoms with Crippen LogP contribution in [0.3, 0.4) is 0 Å². The number of aliphatic imine (C=N–C) groups is 1. The normalized spacial score (nSPS) is 19.1. The van der Waals surface area contributed by atoms with Gasteiger partial charge in [0.1, 0.15) is 5.82 Å². The Bertz CT molecular complexity index is 1470. The highest BCUT2D eigenvalue weighted by Gasteiger charge is 2.23. The molecule has 4 N–H and O–H groups in total. The second-order valence-corrected chi connectivity index (χ2v) is 13.1. The maximum Gasteiger partial charge on any atom is 0.125 e. The van der Waals surface area contributed by atoms with Crippen LogP contribution >= 0.6 is 0 Å². The summed E-state index contributed by atoms with van der Waals surface area (Å²) < 4.78 is 0. The Kier molecular flexibility index (Phi) is 17.3. The van der Waals surface area contributed by atoms with E-state index in [1.165, 1.54) is 48.1 Å². The lowest BCUT2D eigenvalue weighted by Gasteiger charge is -2.34. The number of hydrogen-bond donors (Lipinski definition) is 3. The minimum absolute atomic E-state index is 0.440. The summed E-state index contributed by atoms with van der Waals surface area (Å²) in [5.74, 6) is 1.34. The predicted molar refractivity (Wildman–Crippen MR) is 216 cm³/mol. The molecule has 0 aromatic rings. The number of rotatable bonds is 14. The van der Waals surface area contributed by atoms with E-state index < -0.39 is 0 Å². The van der Waals surface area contributed by atoms with Crippen LogP contribution in [0, 0.1) is 11.3 Å². The Balaban J connectivity index is 0.00000409. The molecule has 0 atom stereocenters. The fraction of sp³-hybridized carbons (Fsp3) is 0.488. The molecule has 1 aliphatic heterocycles. The summed E-state index contributed by atoms with van der Waals surface area (Å²) in [5.41, 5.74) is 18.3. The zero-order chi connectivity index (χ0) is 36.7. The molecule has 2 aliphatic carbocycles. The van der Waals surface area contributed by atoms with Gasteiger partial charge in [-0.05, 0) is 99.0 Å². The van der Waals surface area contributed by atoms with Crippen LogP contribution < -0.4 is 11.1 Å². The highest BCUT2D eigenvalue weighted by molar-refractivity contribution is 6.08. The van der Waals surface area contributed by atoms with Gasteiger partial charge in [-0.15, -0.1) is 0 Å². The van der Waals surface area contributed by atoms with E-state index >= 15 is 0 Å². The van der Waals surface area contributed by atoms with E-state index in [0.717, 1.165) is 85.1 Å². The maximum absolute atomic E-state index is 8.73. The minimum Gasteiger partial charge on any atom is -0.398 e. The van der Waals surface area contributed by atoms with Crippen LogP contribution in [0.15, 0.2) is 123 Å². The van der Waals surface area contributed by atoms with Crippen LogP contribution in [0.4, 0.5) is 0 Å². The first kappa shape index (κ1) is 41.3. The lowest BCUT2D eigenvalue weighted by molar-refractivity contribution is 0.294. The SMILES string of the molecule is C=C(CC)/C(=C/C(=C/C)C(/C)=N\C(=C)N(C)/C(=C/C=C(C)/C(=C/C)C1=C(C)C(=N)C=C(N2CCNCC2)C1)C(=C)N)CC1CCCC1.CC. The minimum atomic E-state index is 0.440. The van der Waals surface area contributed by atoms with Crippen LogP contribution in [0.2, 0.25) is 0 Å². The Hall–Kier alpha value is -3.90. The van der Waals surface area contributed by atoms with Crippen molar-refractivity contribution in [3.8, 4) is 0 Å². The van der Waals surface area contributed by atoms with Gasteiger partial charge in [0.05, 0.1) is 11.4 Å². The second kappa shape index (κ2) is 20.6. The van der Waals surface area contributed by atoms with Crippen molar-refractivity contribution in [3.63, 3.8) is 0 Å². The third-order valence-electron chi connectivity index (χ3n) is 9.88. The molecule has 0 spiro atoms. The van der Waals surface area contributed by atoms with Gasteiger partial charge in [-0.25, -0.2) is 4.99 Å². The molecule has 3 aliphatic rings. The summed E-state index contributed by atoms with van der Waals surface area (Å²) in [6.45, 7) is 33.2. The Labute approximate surface area is 299 Å². The van der Waals surface area contributed by atoms with Crippen molar-refractivity contribution < 1.29 is 0 Å². The van der Waals surface area contributed by atoms with Gasteiger partial charge in [-0.3, -0.25) is 0 Å². The first-order valence-corrected chi connectivity index (χ1v) is 18.4. The molecule has 6 heteroatoms. The fourth-order valence-corrected chi connectivity index (χ4v) is 6.74. The van der Waals surface area contributed by atoms with Crippen molar-refractivity contribution in [2.24, 2.45) is 16.6 Å². The Morgan fingerprint density at radius 3 is 2.27 bits per heavy atom. The van der Waals surface area contributed by atoms with E-state index in [2.05, 4.69) is 88.9 Å². The van der Waals surface area contributed by atoms with E-state index in [1.807, 2.05) is 44.9 Å². The van der Waals surface area contributed by atoms with E-state index in [1.54, 1.807) is 0 Å². The molecular weight excluding hydrogens is 601 g/mol. The topological polar surface area (TPSA) is 80.7 Å². The Morgan fingerprint density at radius 2 is 1.71 bits per heavy atom. The summed E-state index contributed by atoms with van der Waals surface area (Å²) in [4.78, 5) is 9.25. The molecule has 2 fully saturated rings. The zero-order valence-corrected chi connectivity index (χ0v) is 32.4. The number of nitrogens with one attached hydrogen (secondary N) is 2. The van der Waals surface area contributed by atoms with Crippen LogP contribution in [0.25, 0.3) is 0 Å². The van der Waals surface area contributed by atoms with Gasteiger partial charge in [0.25, 0.3) is 0 Å². The lowest BCUT2D eigenvalue weighted by atomic mass is 9.85. The molecule has 0 aromatic carbocycles. The number of allylic oxidation sites excluding steroid dienone is 13. The number of piperazine rings is 1. The number of hydrogen-bond acceptors (Lipinski definition) is 6. The maximum atomic E-state index is 8.73. The third kappa shape index (κ3) is 11.6. The highest BCUT2D eigenvalue weighted by Crippen LogP contribution is 2.35. The molecule has 268 valence electrons. The van der Waals surface area contributed by atoms with E-state index in [4.69, 9.17) is 16.1 Å². The molecule has 6 nitrogen and oxygen atoms in total. The van der Waals surface area contributed by atoms with Gasteiger partial charge >= 0.3 is 0 Å².